The summed E-state index contributed by atoms with van der Waals surface area (Å²) >= 11 is 0. The van der Waals surface area contributed by atoms with E-state index in [0.717, 1.165) is 5.76 Å². The predicted molar refractivity (Wildman–Crippen MR) is 68.9 cm³/mol. The third-order valence-corrected chi connectivity index (χ3v) is 3.02. The van der Waals surface area contributed by atoms with Gasteiger partial charge in [-0.15, -0.1) is 0 Å². The minimum atomic E-state index is 0.167. The van der Waals surface area contributed by atoms with Gasteiger partial charge in [-0.05, 0) is 19.0 Å². The summed E-state index contributed by atoms with van der Waals surface area (Å²) < 4.78 is 5.11. The molecule has 4 heteroatoms. The molecule has 1 aromatic heterocycles. The summed E-state index contributed by atoms with van der Waals surface area (Å²) in [6.07, 6.45) is 2.35. The van der Waals surface area contributed by atoms with E-state index in [2.05, 4.69) is 22.2 Å². The quantitative estimate of drug-likeness (QED) is 0.849. The molecule has 1 unspecified atom stereocenters. The van der Waals surface area contributed by atoms with Crippen LogP contribution in [-0.2, 0) is 6.54 Å². The largest absolute Gasteiger partial charge is 0.396 e. The SMILES string of the molecule is CN(Cc1ccno1)C(CCO)c1ccccc1. The summed E-state index contributed by atoms with van der Waals surface area (Å²) in [5, 5.41) is 12.9. The molecular weight excluding hydrogens is 228 g/mol. The highest BCUT2D eigenvalue weighted by atomic mass is 16.5. The summed E-state index contributed by atoms with van der Waals surface area (Å²) in [6, 6.07) is 12.2. The lowest BCUT2D eigenvalue weighted by molar-refractivity contribution is 0.166. The Morgan fingerprint density at radius 1 is 1.28 bits per heavy atom. The van der Waals surface area contributed by atoms with Crippen LogP contribution in [0, 0.1) is 0 Å². The van der Waals surface area contributed by atoms with E-state index in [9.17, 15) is 5.11 Å². The molecule has 0 radical (unpaired) electrons. The van der Waals surface area contributed by atoms with Crippen LogP contribution in [0.4, 0.5) is 0 Å². The fourth-order valence-corrected chi connectivity index (χ4v) is 2.12. The van der Waals surface area contributed by atoms with Gasteiger partial charge in [0.15, 0.2) is 5.76 Å². The summed E-state index contributed by atoms with van der Waals surface area (Å²) in [5.74, 6) is 0.830. The van der Waals surface area contributed by atoms with Crippen LogP contribution >= 0.6 is 0 Å². The van der Waals surface area contributed by atoms with E-state index in [4.69, 9.17) is 4.52 Å². The molecule has 96 valence electrons. The first-order valence-electron chi connectivity index (χ1n) is 6.07. The van der Waals surface area contributed by atoms with E-state index in [0.29, 0.717) is 13.0 Å². The summed E-state index contributed by atoms with van der Waals surface area (Å²) in [7, 11) is 2.02. The third kappa shape index (κ3) is 3.18. The van der Waals surface area contributed by atoms with E-state index in [1.165, 1.54) is 5.56 Å². The number of aliphatic hydroxyl groups excluding tert-OH is 1. The molecule has 0 amide bonds. The molecule has 2 rings (SSSR count). The van der Waals surface area contributed by atoms with E-state index in [1.807, 2.05) is 31.3 Å². The Morgan fingerprint density at radius 3 is 2.67 bits per heavy atom. The van der Waals surface area contributed by atoms with Gasteiger partial charge in [0.2, 0.25) is 0 Å². The standard InChI is InChI=1S/C14H18N2O2/c1-16(11-13-7-9-15-18-13)14(8-10-17)12-5-3-2-4-6-12/h2-7,9,14,17H,8,10-11H2,1H3. The van der Waals surface area contributed by atoms with Crippen molar-refractivity contribution in [2.75, 3.05) is 13.7 Å². The molecule has 18 heavy (non-hydrogen) atoms. The molecule has 4 nitrogen and oxygen atoms in total. The highest BCUT2D eigenvalue weighted by molar-refractivity contribution is 5.19. The van der Waals surface area contributed by atoms with Crippen LogP contribution < -0.4 is 0 Å². The topological polar surface area (TPSA) is 49.5 Å². The Bertz CT molecular complexity index is 442. The van der Waals surface area contributed by atoms with Crippen LogP contribution in [0.5, 0.6) is 0 Å². The Balaban J connectivity index is 2.09. The number of hydrogen-bond acceptors (Lipinski definition) is 4. The Hall–Kier alpha value is -1.65. The van der Waals surface area contributed by atoms with Crippen molar-refractivity contribution in [2.45, 2.75) is 19.0 Å². The third-order valence-electron chi connectivity index (χ3n) is 3.02. The normalized spacial score (nSPS) is 12.8. The van der Waals surface area contributed by atoms with Gasteiger partial charge in [-0.25, -0.2) is 0 Å². The van der Waals surface area contributed by atoms with E-state index < -0.39 is 0 Å². The average molecular weight is 246 g/mol. The lowest BCUT2D eigenvalue weighted by atomic mass is 10.0. The first-order valence-corrected chi connectivity index (χ1v) is 6.07. The van der Waals surface area contributed by atoms with Crippen LogP contribution in [0.25, 0.3) is 0 Å². The van der Waals surface area contributed by atoms with E-state index >= 15 is 0 Å². The average Bonchev–Trinajstić information content (AvgIpc) is 2.89. The molecule has 2 aromatic rings. The predicted octanol–water partition coefficient (Wildman–Crippen LogP) is 2.23. The van der Waals surface area contributed by atoms with Gasteiger partial charge >= 0.3 is 0 Å². The van der Waals surface area contributed by atoms with E-state index in [-0.39, 0.29) is 12.6 Å². The maximum atomic E-state index is 9.21. The summed E-state index contributed by atoms with van der Waals surface area (Å²) in [4.78, 5) is 2.16. The number of nitrogens with zero attached hydrogens (tertiary/aromatic N) is 2. The second-order valence-electron chi connectivity index (χ2n) is 4.33. The maximum absolute atomic E-state index is 9.21. The Labute approximate surface area is 107 Å². The molecule has 0 saturated carbocycles. The Morgan fingerprint density at radius 2 is 2.06 bits per heavy atom. The molecule has 0 spiro atoms. The number of aliphatic hydroxyl groups is 1. The van der Waals surface area contributed by atoms with Crippen molar-refractivity contribution >= 4 is 0 Å². The van der Waals surface area contributed by atoms with Crippen molar-refractivity contribution in [3.8, 4) is 0 Å². The zero-order chi connectivity index (χ0) is 12.8. The fourth-order valence-electron chi connectivity index (χ4n) is 2.12. The van der Waals surface area contributed by atoms with Gasteiger partial charge in [0.05, 0.1) is 12.7 Å². The summed E-state index contributed by atoms with van der Waals surface area (Å²) in [5.41, 5.74) is 1.20. The minimum Gasteiger partial charge on any atom is -0.396 e. The van der Waals surface area contributed by atoms with E-state index in [1.54, 1.807) is 6.20 Å². The zero-order valence-corrected chi connectivity index (χ0v) is 10.5. The number of rotatable bonds is 6. The van der Waals surface area contributed by atoms with Crippen molar-refractivity contribution in [1.82, 2.24) is 10.1 Å². The molecule has 1 N–H and O–H groups in total. The minimum absolute atomic E-state index is 0.167. The molecule has 0 aliphatic rings. The van der Waals surface area contributed by atoms with Crippen molar-refractivity contribution in [2.24, 2.45) is 0 Å². The molecule has 1 aromatic carbocycles. The van der Waals surface area contributed by atoms with Crippen molar-refractivity contribution in [3.63, 3.8) is 0 Å². The monoisotopic (exact) mass is 246 g/mol. The van der Waals surface area contributed by atoms with Gasteiger partial charge in [0.25, 0.3) is 0 Å². The van der Waals surface area contributed by atoms with Crippen LogP contribution in [0.15, 0.2) is 47.1 Å². The first kappa shape index (κ1) is 12.8. The molecule has 1 atom stereocenters. The second-order valence-corrected chi connectivity index (χ2v) is 4.33. The van der Waals surface area contributed by atoms with Crippen molar-refractivity contribution in [3.05, 3.63) is 53.9 Å². The highest BCUT2D eigenvalue weighted by Crippen LogP contribution is 2.24. The van der Waals surface area contributed by atoms with Crippen LogP contribution in [0.2, 0.25) is 0 Å². The van der Waals surface area contributed by atoms with Crippen LogP contribution in [0.3, 0.4) is 0 Å². The summed E-state index contributed by atoms with van der Waals surface area (Å²) in [6.45, 7) is 0.847. The van der Waals surface area contributed by atoms with Gasteiger partial charge in [-0.1, -0.05) is 35.5 Å². The van der Waals surface area contributed by atoms with Crippen LogP contribution in [-0.4, -0.2) is 28.8 Å². The smallest absolute Gasteiger partial charge is 0.150 e. The number of aromatic nitrogens is 1. The van der Waals surface area contributed by atoms with Gasteiger partial charge < -0.3 is 9.63 Å². The first-order chi connectivity index (χ1) is 8.81. The van der Waals surface area contributed by atoms with Gasteiger partial charge in [-0.3, -0.25) is 4.90 Å². The molecule has 0 fully saturated rings. The lowest BCUT2D eigenvalue weighted by Crippen LogP contribution is -2.25. The van der Waals surface area contributed by atoms with Gasteiger partial charge in [0.1, 0.15) is 0 Å². The highest BCUT2D eigenvalue weighted by Gasteiger charge is 2.17. The van der Waals surface area contributed by atoms with Gasteiger partial charge in [0, 0.05) is 18.7 Å². The Kier molecular flexibility index (Phi) is 4.50. The lowest BCUT2D eigenvalue weighted by Gasteiger charge is -2.27. The molecular formula is C14H18N2O2. The molecule has 1 heterocycles. The molecule has 0 aliphatic carbocycles. The fraction of sp³-hybridized carbons (Fsp3) is 0.357. The maximum Gasteiger partial charge on any atom is 0.150 e. The second kappa shape index (κ2) is 6.33. The zero-order valence-electron chi connectivity index (χ0n) is 10.5. The molecule has 0 bridgehead atoms. The van der Waals surface area contributed by atoms with Crippen molar-refractivity contribution < 1.29 is 9.63 Å². The number of benzene rings is 1. The van der Waals surface area contributed by atoms with Crippen LogP contribution in [0.1, 0.15) is 23.8 Å². The molecule has 0 saturated heterocycles. The van der Waals surface area contributed by atoms with Gasteiger partial charge in [-0.2, -0.15) is 0 Å². The van der Waals surface area contributed by atoms with Crippen molar-refractivity contribution in [1.29, 1.82) is 0 Å². The molecule has 0 aliphatic heterocycles. The number of hydrogen-bond donors (Lipinski definition) is 1.